The molecule has 2 nitrogen and oxygen atoms in total. The van der Waals surface area contributed by atoms with Crippen molar-refractivity contribution in [2.75, 3.05) is 0 Å². The summed E-state index contributed by atoms with van der Waals surface area (Å²) in [5, 5.41) is 0. The van der Waals surface area contributed by atoms with Gasteiger partial charge in [0, 0.05) is 6.04 Å². The first-order chi connectivity index (χ1) is 7.65. The number of hydrazine groups is 1. The van der Waals surface area contributed by atoms with Gasteiger partial charge in [0.25, 0.3) is 0 Å². The van der Waals surface area contributed by atoms with E-state index in [1.165, 1.54) is 29.5 Å². The lowest BCUT2D eigenvalue weighted by molar-refractivity contribution is 0.473. The van der Waals surface area contributed by atoms with Crippen LogP contribution in [0.15, 0.2) is 18.2 Å². The van der Waals surface area contributed by atoms with Crippen molar-refractivity contribution in [3.05, 3.63) is 34.9 Å². The van der Waals surface area contributed by atoms with Gasteiger partial charge in [-0.15, -0.1) is 0 Å². The first-order valence-corrected chi connectivity index (χ1v) is 6.19. The van der Waals surface area contributed by atoms with E-state index >= 15 is 0 Å². The molecule has 0 aromatic heterocycles. The summed E-state index contributed by atoms with van der Waals surface area (Å²) < 4.78 is 0. The smallest absolute Gasteiger partial charge is 0.0250 e. The van der Waals surface area contributed by atoms with Crippen LogP contribution in [0.5, 0.6) is 0 Å². The first kappa shape index (κ1) is 13.2. The molecule has 90 valence electrons. The largest absolute Gasteiger partial charge is 0.271 e. The maximum atomic E-state index is 5.59. The summed E-state index contributed by atoms with van der Waals surface area (Å²) in [7, 11) is 0. The van der Waals surface area contributed by atoms with Crippen molar-refractivity contribution in [3.63, 3.8) is 0 Å². The monoisotopic (exact) mass is 220 g/mol. The van der Waals surface area contributed by atoms with Crippen molar-refractivity contribution in [2.24, 2.45) is 5.84 Å². The van der Waals surface area contributed by atoms with E-state index in [2.05, 4.69) is 44.4 Å². The molecule has 3 N–H and O–H groups in total. The highest BCUT2D eigenvalue weighted by atomic mass is 15.2. The van der Waals surface area contributed by atoms with Gasteiger partial charge in [-0.1, -0.05) is 49.1 Å². The Labute approximate surface area is 99.2 Å². The molecule has 0 radical (unpaired) electrons. The predicted molar refractivity (Wildman–Crippen MR) is 70.3 cm³/mol. The Bertz CT molecular complexity index is 300. The van der Waals surface area contributed by atoms with Crippen LogP contribution in [0, 0.1) is 13.8 Å². The Morgan fingerprint density at radius 3 is 2.31 bits per heavy atom. The van der Waals surface area contributed by atoms with Gasteiger partial charge in [0.1, 0.15) is 0 Å². The zero-order chi connectivity index (χ0) is 12.0. The van der Waals surface area contributed by atoms with Gasteiger partial charge in [0.2, 0.25) is 0 Å². The third kappa shape index (κ3) is 4.33. The molecule has 0 spiro atoms. The molecule has 2 heteroatoms. The first-order valence-electron chi connectivity index (χ1n) is 6.19. The van der Waals surface area contributed by atoms with Gasteiger partial charge in [-0.25, -0.2) is 0 Å². The van der Waals surface area contributed by atoms with E-state index < -0.39 is 0 Å². The Morgan fingerprint density at radius 2 is 1.81 bits per heavy atom. The van der Waals surface area contributed by atoms with Crippen LogP contribution in [0.4, 0.5) is 0 Å². The third-order valence-corrected chi connectivity index (χ3v) is 2.91. The number of rotatable bonds is 6. The van der Waals surface area contributed by atoms with Crippen LogP contribution in [-0.2, 0) is 6.42 Å². The molecule has 1 rings (SSSR count). The molecular formula is C14H24N2. The van der Waals surface area contributed by atoms with Crippen LogP contribution in [0.1, 0.15) is 42.9 Å². The average molecular weight is 220 g/mol. The normalized spacial score (nSPS) is 12.8. The van der Waals surface area contributed by atoms with Gasteiger partial charge < -0.3 is 0 Å². The summed E-state index contributed by atoms with van der Waals surface area (Å²) in [4.78, 5) is 0. The molecule has 0 saturated heterocycles. The lowest BCUT2D eigenvalue weighted by Gasteiger charge is -2.16. The summed E-state index contributed by atoms with van der Waals surface area (Å²) in [5.41, 5.74) is 6.98. The SMILES string of the molecule is CCCCC(Cc1cc(C)cc(C)c1)NN. The molecule has 1 aromatic rings. The van der Waals surface area contributed by atoms with E-state index in [1.54, 1.807) is 0 Å². The van der Waals surface area contributed by atoms with E-state index in [0.717, 1.165) is 12.8 Å². The van der Waals surface area contributed by atoms with Gasteiger partial charge in [-0.3, -0.25) is 11.3 Å². The van der Waals surface area contributed by atoms with Gasteiger partial charge in [0.05, 0.1) is 0 Å². The summed E-state index contributed by atoms with van der Waals surface area (Å²) >= 11 is 0. The van der Waals surface area contributed by atoms with E-state index in [1.807, 2.05) is 0 Å². The molecule has 0 heterocycles. The highest BCUT2D eigenvalue weighted by Gasteiger charge is 2.07. The van der Waals surface area contributed by atoms with E-state index in [-0.39, 0.29) is 0 Å². The number of unbranched alkanes of at least 4 members (excludes halogenated alkanes) is 1. The minimum Gasteiger partial charge on any atom is -0.271 e. The lowest BCUT2D eigenvalue weighted by atomic mass is 9.98. The quantitative estimate of drug-likeness (QED) is 0.571. The van der Waals surface area contributed by atoms with Crippen LogP contribution < -0.4 is 11.3 Å². The fourth-order valence-corrected chi connectivity index (χ4v) is 2.17. The van der Waals surface area contributed by atoms with Gasteiger partial charge in [-0.2, -0.15) is 0 Å². The Kier molecular flexibility index (Phi) is 5.50. The average Bonchev–Trinajstić information content (AvgIpc) is 2.22. The number of nitrogens with two attached hydrogens (primary N) is 1. The van der Waals surface area contributed by atoms with Gasteiger partial charge in [0.15, 0.2) is 0 Å². The maximum absolute atomic E-state index is 5.59. The summed E-state index contributed by atoms with van der Waals surface area (Å²) in [6.07, 6.45) is 4.64. The number of benzene rings is 1. The molecular weight excluding hydrogens is 196 g/mol. The molecule has 0 bridgehead atoms. The van der Waals surface area contributed by atoms with Crippen molar-refractivity contribution in [3.8, 4) is 0 Å². The topological polar surface area (TPSA) is 38.0 Å². The Morgan fingerprint density at radius 1 is 1.19 bits per heavy atom. The number of hydrogen-bond donors (Lipinski definition) is 2. The highest BCUT2D eigenvalue weighted by Crippen LogP contribution is 2.13. The van der Waals surface area contributed by atoms with Crippen LogP contribution >= 0.6 is 0 Å². The number of hydrogen-bond acceptors (Lipinski definition) is 2. The Hall–Kier alpha value is -0.860. The molecule has 0 amide bonds. The van der Waals surface area contributed by atoms with Crippen molar-refractivity contribution in [2.45, 2.75) is 52.5 Å². The fraction of sp³-hybridized carbons (Fsp3) is 0.571. The van der Waals surface area contributed by atoms with Crippen molar-refractivity contribution >= 4 is 0 Å². The molecule has 0 aliphatic rings. The zero-order valence-corrected chi connectivity index (χ0v) is 10.7. The van der Waals surface area contributed by atoms with E-state index in [4.69, 9.17) is 5.84 Å². The Balaban J connectivity index is 2.62. The van der Waals surface area contributed by atoms with E-state index in [0.29, 0.717) is 6.04 Å². The predicted octanol–water partition coefficient (Wildman–Crippen LogP) is 2.87. The molecule has 0 fully saturated rings. The fourth-order valence-electron chi connectivity index (χ4n) is 2.17. The molecule has 0 saturated carbocycles. The minimum atomic E-state index is 0.404. The van der Waals surface area contributed by atoms with Crippen molar-refractivity contribution < 1.29 is 0 Å². The molecule has 1 aromatic carbocycles. The summed E-state index contributed by atoms with van der Waals surface area (Å²) in [6, 6.07) is 7.12. The van der Waals surface area contributed by atoms with Crippen LogP contribution in [0.25, 0.3) is 0 Å². The second kappa shape index (κ2) is 6.66. The van der Waals surface area contributed by atoms with Gasteiger partial charge >= 0.3 is 0 Å². The lowest BCUT2D eigenvalue weighted by Crippen LogP contribution is -2.36. The minimum absolute atomic E-state index is 0.404. The second-order valence-corrected chi connectivity index (χ2v) is 4.71. The van der Waals surface area contributed by atoms with Crippen molar-refractivity contribution in [1.82, 2.24) is 5.43 Å². The number of aryl methyl sites for hydroxylation is 2. The van der Waals surface area contributed by atoms with E-state index in [9.17, 15) is 0 Å². The summed E-state index contributed by atoms with van der Waals surface area (Å²) in [5.74, 6) is 5.59. The standard InChI is InChI=1S/C14H24N2/c1-4-5-6-14(16-15)10-13-8-11(2)7-12(3)9-13/h7-9,14,16H,4-6,10,15H2,1-3H3. The second-order valence-electron chi connectivity index (χ2n) is 4.71. The molecule has 1 unspecified atom stereocenters. The third-order valence-electron chi connectivity index (χ3n) is 2.91. The molecule has 0 aliphatic heterocycles. The zero-order valence-electron chi connectivity index (χ0n) is 10.7. The van der Waals surface area contributed by atoms with Crippen LogP contribution in [-0.4, -0.2) is 6.04 Å². The maximum Gasteiger partial charge on any atom is 0.0250 e. The highest BCUT2D eigenvalue weighted by molar-refractivity contribution is 5.29. The number of nitrogens with one attached hydrogen (secondary N) is 1. The molecule has 16 heavy (non-hydrogen) atoms. The van der Waals surface area contributed by atoms with Gasteiger partial charge in [-0.05, 0) is 32.3 Å². The molecule has 1 atom stereocenters. The van der Waals surface area contributed by atoms with Crippen molar-refractivity contribution in [1.29, 1.82) is 0 Å². The van der Waals surface area contributed by atoms with Crippen LogP contribution in [0.2, 0.25) is 0 Å². The molecule has 0 aliphatic carbocycles. The summed E-state index contributed by atoms with van der Waals surface area (Å²) in [6.45, 7) is 6.51. The van der Waals surface area contributed by atoms with Crippen LogP contribution in [0.3, 0.4) is 0 Å².